The molecule has 2 aromatic heterocycles. The fourth-order valence-corrected chi connectivity index (χ4v) is 8.01. The molecule has 2 N–H and O–H groups in total. The van der Waals surface area contributed by atoms with E-state index in [0.29, 0.717) is 28.2 Å². The summed E-state index contributed by atoms with van der Waals surface area (Å²) in [7, 11) is 4.34. The number of alkyl halides is 4. The second-order valence-corrected chi connectivity index (χ2v) is 14.7. The van der Waals surface area contributed by atoms with Crippen LogP contribution in [0.4, 0.5) is 17.6 Å². The molecule has 4 heterocycles. The number of hydrogen-bond donors (Lipinski definition) is 2. The predicted molar refractivity (Wildman–Crippen MR) is 214 cm³/mol. The molecule has 2 aliphatic rings. The number of aromatic amines is 2. The van der Waals surface area contributed by atoms with E-state index in [1.54, 1.807) is 48.5 Å². The highest BCUT2D eigenvalue weighted by atomic mass is 19.4. The van der Waals surface area contributed by atoms with Crippen molar-refractivity contribution in [2.75, 3.05) is 41.0 Å². The van der Waals surface area contributed by atoms with Gasteiger partial charge in [-0.15, -0.1) is 0 Å². The fraction of sp³-hybridized carbons (Fsp3) is 0.372. The van der Waals surface area contributed by atoms with E-state index < -0.39 is 96.8 Å². The number of halogens is 4. The van der Waals surface area contributed by atoms with Crippen molar-refractivity contribution in [2.24, 2.45) is 5.92 Å². The van der Waals surface area contributed by atoms with Crippen molar-refractivity contribution in [1.82, 2.24) is 24.0 Å². The zero-order chi connectivity index (χ0) is 44.2. The lowest BCUT2D eigenvalue weighted by atomic mass is 9.80. The molecule has 0 spiro atoms. The number of methoxy groups -OCH3 is 3. The van der Waals surface area contributed by atoms with Crippen LogP contribution < -0.4 is 32.0 Å². The first-order valence-corrected chi connectivity index (χ1v) is 19.5. The predicted octanol–water partition coefficient (Wildman–Crippen LogP) is 4.29. The van der Waals surface area contributed by atoms with Gasteiger partial charge in [0, 0.05) is 57.1 Å². The number of nitrogens with zero attached hydrogens (tertiary/aromatic N) is 3. The lowest BCUT2D eigenvalue weighted by Gasteiger charge is -2.37. The Hall–Kier alpha value is -5.86. The van der Waals surface area contributed by atoms with Crippen molar-refractivity contribution in [3.63, 3.8) is 0 Å². The lowest BCUT2D eigenvalue weighted by molar-refractivity contribution is -0.252. The second kappa shape index (κ2) is 18.6. The Labute approximate surface area is 351 Å². The van der Waals surface area contributed by atoms with Crippen LogP contribution >= 0.6 is 0 Å². The van der Waals surface area contributed by atoms with Crippen LogP contribution in [0.25, 0.3) is 0 Å². The normalized spacial score (nSPS) is 22.9. The largest absolute Gasteiger partial charge is 0.497 e. The molecule has 7 rings (SSSR count). The molecule has 0 saturated carbocycles. The Bertz CT molecular complexity index is 2470. The van der Waals surface area contributed by atoms with Crippen molar-refractivity contribution in [2.45, 2.75) is 55.3 Å². The van der Waals surface area contributed by atoms with E-state index in [1.165, 1.54) is 27.8 Å². The van der Waals surface area contributed by atoms with E-state index in [1.807, 2.05) is 30.3 Å². The highest BCUT2D eigenvalue weighted by molar-refractivity contribution is 5.49. The van der Waals surface area contributed by atoms with Gasteiger partial charge in [-0.3, -0.25) is 28.7 Å². The molecule has 1 radical (unpaired) electrons. The van der Waals surface area contributed by atoms with Gasteiger partial charge in [0.05, 0.1) is 33.0 Å². The van der Waals surface area contributed by atoms with Crippen LogP contribution in [-0.4, -0.2) is 95.8 Å². The van der Waals surface area contributed by atoms with Gasteiger partial charge in [-0.2, -0.15) is 13.2 Å². The summed E-state index contributed by atoms with van der Waals surface area (Å²) in [5.41, 5.74) is -2.74. The summed E-state index contributed by atoms with van der Waals surface area (Å²) in [6, 6.07) is 25.4. The number of rotatable bonds is 16. The number of nitrogens with one attached hydrogen (secondary N) is 2. The van der Waals surface area contributed by atoms with Gasteiger partial charge in [-0.25, -0.2) is 18.9 Å². The number of H-pyrrole nitrogens is 2. The van der Waals surface area contributed by atoms with Crippen LogP contribution in [-0.2, 0) is 24.5 Å². The molecular formula is C43H44F4N5O10. The van der Waals surface area contributed by atoms with Crippen LogP contribution in [0.1, 0.15) is 35.6 Å². The monoisotopic (exact) mass is 866 g/mol. The van der Waals surface area contributed by atoms with Crippen molar-refractivity contribution >= 4 is 0 Å². The van der Waals surface area contributed by atoms with E-state index in [4.69, 9.17) is 28.4 Å². The highest BCUT2D eigenvalue weighted by Gasteiger charge is 2.50. The summed E-state index contributed by atoms with van der Waals surface area (Å²) in [4.78, 5) is 53.4. The third kappa shape index (κ3) is 9.17. The highest BCUT2D eigenvalue weighted by Crippen LogP contribution is 2.45. The third-order valence-electron chi connectivity index (χ3n) is 11.1. The zero-order valence-corrected chi connectivity index (χ0v) is 33.7. The van der Waals surface area contributed by atoms with Crippen molar-refractivity contribution in [3.05, 3.63) is 168 Å². The van der Waals surface area contributed by atoms with Crippen molar-refractivity contribution in [1.29, 1.82) is 0 Å². The number of hydrogen-bond acceptors (Lipinski definition) is 11. The minimum absolute atomic E-state index is 0.159. The number of aromatic nitrogens is 4. The Morgan fingerprint density at radius 1 is 0.710 bits per heavy atom. The molecule has 7 atom stereocenters. The van der Waals surface area contributed by atoms with Gasteiger partial charge in [0.25, 0.3) is 11.1 Å². The molecule has 2 saturated heterocycles. The van der Waals surface area contributed by atoms with Gasteiger partial charge < -0.3 is 28.4 Å². The lowest BCUT2D eigenvalue weighted by Crippen LogP contribution is -2.45. The molecule has 0 amide bonds. The Morgan fingerprint density at radius 3 is 1.74 bits per heavy atom. The summed E-state index contributed by atoms with van der Waals surface area (Å²) in [5, 5.41) is 0. The first-order valence-electron chi connectivity index (χ1n) is 19.5. The zero-order valence-electron chi connectivity index (χ0n) is 33.7. The van der Waals surface area contributed by atoms with Gasteiger partial charge in [-0.05, 0) is 47.4 Å². The molecule has 0 aliphatic carbocycles. The van der Waals surface area contributed by atoms with Crippen molar-refractivity contribution < 1.29 is 46.0 Å². The molecule has 0 bridgehead atoms. The molecule has 2 fully saturated rings. The summed E-state index contributed by atoms with van der Waals surface area (Å²) in [5.74, 6) is -0.170. The molecule has 3 aromatic carbocycles. The molecule has 0 unspecified atom stereocenters. The van der Waals surface area contributed by atoms with E-state index in [0.717, 1.165) is 33.7 Å². The maximum absolute atomic E-state index is 16.9. The summed E-state index contributed by atoms with van der Waals surface area (Å²) >= 11 is 0. The first-order chi connectivity index (χ1) is 29.7. The topological polar surface area (TPSA) is 168 Å². The van der Waals surface area contributed by atoms with Gasteiger partial charge in [0.2, 0.25) is 0 Å². The Balaban J connectivity index is 1.21. The quantitative estimate of drug-likeness (QED) is 0.0825. The average molecular weight is 867 g/mol. The summed E-state index contributed by atoms with van der Waals surface area (Å²) in [6.45, 7) is -1.90. The first kappa shape index (κ1) is 44.2. The molecule has 15 nitrogen and oxygen atoms in total. The van der Waals surface area contributed by atoms with E-state index in [-0.39, 0.29) is 11.5 Å². The smallest absolute Gasteiger partial charge is 0.460 e. The van der Waals surface area contributed by atoms with Crippen LogP contribution in [0.3, 0.4) is 0 Å². The fourth-order valence-electron chi connectivity index (χ4n) is 8.01. The van der Waals surface area contributed by atoms with E-state index >= 15 is 4.39 Å². The molecule has 5 aromatic rings. The van der Waals surface area contributed by atoms with Crippen LogP contribution in [0, 0.1) is 12.3 Å². The number of ether oxygens (including phenoxy) is 6. The molecule has 62 heavy (non-hydrogen) atoms. The Kier molecular flexibility index (Phi) is 13.3. The summed E-state index contributed by atoms with van der Waals surface area (Å²) < 4.78 is 98.6. The van der Waals surface area contributed by atoms with Gasteiger partial charge in [-0.1, -0.05) is 54.6 Å². The standard InChI is InChI=1S/C43H44F4N5O10/c1-57-29-13-9-27(10-14-29)42(26-7-5-4-6-8-26,28-11-15-30(58-2)16-12-28)60-25-34-32(37(44)39(62-34)52-22-19-36(54)49-41(52)56)17-20-50(43(45,46)47)24-31-23-33(59-3)38(61-31)51-21-18-35(53)48-40(51)55/h4-16,18-19,21-23,31-34,37-39H,17,20,24-25H2,1-3H3,(H,48,53,55)(H,49,54,56)/t31-,32-,33-,34-,37-,38-,39-/m1/s1. The minimum Gasteiger partial charge on any atom is -0.497 e. The van der Waals surface area contributed by atoms with Gasteiger partial charge in [0.1, 0.15) is 23.2 Å². The van der Waals surface area contributed by atoms with Crippen molar-refractivity contribution in [3.8, 4) is 11.5 Å². The molecule has 329 valence electrons. The average Bonchev–Trinajstić information content (AvgIpc) is 3.82. The minimum atomic E-state index is -4.94. The number of benzene rings is 3. The molecule has 2 aliphatic heterocycles. The molecular weight excluding hydrogens is 822 g/mol. The second-order valence-electron chi connectivity index (χ2n) is 14.7. The van der Waals surface area contributed by atoms with Gasteiger partial charge >= 0.3 is 17.7 Å². The van der Waals surface area contributed by atoms with E-state index in [2.05, 4.69) is 9.97 Å². The van der Waals surface area contributed by atoms with Gasteiger partial charge in [0.15, 0.2) is 18.6 Å². The Morgan fingerprint density at radius 2 is 1.24 bits per heavy atom. The van der Waals surface area contributed by atoms with Crippen LogP contribution in [0.5, 0.6) is 11.5 Å². The SMILES string of the molecule is COc1ccc(C(OC[C@H]2O[C@@H](n3ccc(=O)[nH]c3=O)[C@H](F)[C@@H]2CCN(C[C@H]2[CH][C@@H](OC)[C@H](n3ccc(=O)[nH]c3=O)O2)C(F)(F)F)(c2ccccc2)c2ccc(OC)cc2)cc1. The van der Waals surface area contributed by atoms with Crippen LogP contribution in [0.2, 0.25) is 0 Å². The van der Waals surface area contributed by atoms with E-state index in [9.17, 15) is 32.3 Å². The third-order valence-corrected chi connectivity index (χ3v) is 11.1. The molecule has 19 heteroatoms. The maximum atomic E-state index is 16.9. The maximum Gasteiger partial charge on any atom is 0.460 e. The summed E-state index contributed by atoms with van der Waals surface area (Å²) in [6.07, 6.45) is -10.1. The van der Waals surface area contributed by atoms with Crippen LogP contribution in [0.15, 0.2) is 123 Å².